The van der Waals surface area contributed by atoms with Crippen LogP contribution in [0.2, 0.25) is 0 Å². The van der Waals surface area contributed by atoms with Gasteiger partial charge in [0.25, 0.3) is 5.56 Å². The van der Waals surface area contributed by atoms with E-state index in [4.69, 9.17) is 4.98 Å². The molecule has 37 heavy (non-hydrogen) atoms. The lowest BCUT2D eigenvalue weighted by molar-refractivity contribution is 0.0735. The number of fused-ring (bicyclic) bond motifs is 4. The smallest absolute Gasteiger partial charge is 0.261 e. The Balaban J connectivity index is 1.25. The highest BCUT2D eigenvalue weighted by molar-refractivity contribution is 7.16. The summed E-state index contributed by atoms with van der Waals surface area (Å²) in [6, 6.07) is 16.6. The zero-order chi connectivity index (χ0) is 24.9. The van der Waals surface area contributed by atoms with Crippen LogP contribution < -0.4 is 15.4 Å². The molecule has 3 aromatic carbocycles. The van der Waals surface area contributed by atoms with Gasteiger partial charge in [0.05, 0.1) is 45.1 Å². The number of aliphatic hydroxyl groups excluding tert-OH is 1. The molecular formula is C29H29N5O2S. The maximum Gasteiger partial charge on any atom is 0.261 e. The first-order chi connectivity index (χ1) is 18.2. The van der Waals surface area contributed by atoms with Crippen LogP contribution in [0.15, 0.2) is 65.2 Å². The number of nitrogens with zero attached hydrogens (tertiary/aromatic N) is 5. The van der Waals surface area contributed by atoms with Gasteiger partial charge in [-0.15, -0.1) is 11.3 Å². The average molecular weight is 512 g/mol. The number of piperazine rings is 1. The Hall–Kier alpha value is -3.49. The summed E-state index contributed by atoms with van der Waals surface area (Å²) in [5.74, 6) is 0. The fraction of sp³-hybridized carbons (Fsp3) is 0.345. The Morgan fingerprint density at radius 3 is 2.49 bits per heavy atom. The van der Waals surface area contributed by atoms with Crippen LogP contribution in [0.3, 0.4) is 0 Å². The van der Waals surface area contributed by atoms with Crippen LogP contribution in [0.1, 0.15) is 31.7 Å². The number of benzene rings is 3. The summed E-state index contributed by atoms with van der Waals surface area (Å²) < 4.78 is 2.89. The lowest BCUT2D eigenvalue weighted by Crippen LogP contribution is -2.46. The first-order valence-electron chi connectivity index (χ1n) is 13.1. The van der Waals surface area contributed by atoms with E-state index in [1.807, 2.05) is 17.6 Å². The minimum atomic E-state index is -0.497. The monoisotopic (exact) mass is 511 g/mol. The number of anilines is 2. The summed E-state index contributed by atoms with van der Waals surface area (Å²) in [4.78, 5) is 27.7. The Kier molecular flexibility index (Phi) is 5.59. The van der Waals surface area contributed by atoms with Crippen molar-refractivity contribution >= 4 is 54.6 Å². The fourth-order valence-electron chi connectivity index (χ4n) is 6.11. The van der Waals surface area contributed by atoms with Gasteiger partial charge >= 0.3 is 0 Å². The Labute approximate surface area is 218 Å². The normalized spacial score (nSPS) is 20.8. The summed E-state index contributed by atoms with van der Waals surface area (Å²) in [7, 11) is 0. The van der Waals surface area contributed by atoms with E-state index in [9.17, 15) is 9.90 Å². The third-order valence-corrected chi connectivity index (χ3v) is 8.91. The molecule has 0 spiro atoms. The van der Waals surface area contributed by atoms with E-state index >= 15 is 0 Å². The second-order valence-corrected chi connectivity index (χ2v) is 11.1. The van der Waals surface area contributed by atoms with Crippen molar-refractivity contribution in [1.82, 2.24) is 14.5 Å². The van der Waals surface area contributed by atoms with Gasteiger partial charge in [0, 0.05) is 48.3 Å². The molecule has 1 N–H and O–H groups in total. The van der Waals surface area contributed by atoms with E-state index in [-0.39, 0.29) is 11.6 Å². The van der Waals surface area contributed by atoms with E-state index in [2.05, 4.69) is 51.2 Å². The topological polar surface area (TPSA) is 74.5 Å². The largest absolute Gasteiger partial charge is 0.391 e. The van der Waals surface area contributed by atoms with Gasteiger partial charge < -0.3 is 14.9 Å². The van der Waals surface area contributed by atoms with Gasteiger partial charge in [-0.25, -0.2) is 9.97 Å². The second-order valence-electron chi connectivity index (χ2n) is 10.2. The number of thiazole rings is 1. The highest BCUT2D eigenvalue weighted by atomic mass is 32.1. The van der Waals surface area contributed by atoms with Crippen LogP contribution in [-0.4, -0.2) is 51.9 Å². The molecule has 5 aromatic rings. The van der Waals surface area contributed by atoms with Crippen LogP contribution >= 0.6 is 11.3 Å². The summed E-state index contributed by atoms with van der Waals surface area (Å²) in [5, 5.41) is 13.4. The fourth-order valence-corrected chi connectivity index (χ4v) is 6.82. The van der Waals surface area contributed by atoms with Crippen molar-refractivity contribution in [1.29, 1.82) is 0 Å². The molecule has 2 aromatic heterocycles. The molecule has 7 nitrogen and oxygen atoms in total. The van der Waals surface area contributed by atoms with Crippen LogP contribution in [0, 0.1) is 0 Å². The molecule has 1 aliphatic heterocycles. The maximum atomic E-state index is 13.8. The maximum absolute atomic E-state index is 13.8. The number of aliphatic hydroxyl groups is 1. The first kappa shape index (κ1) is 22.7. The Morgan fingerprint density at radius 2 is 1.65 bits per heavy atom. The molecule has 3 heterocycles. The van der Waals surface area contributed by atoms with Gasteiger partial charge in [-0.1, -0.05) is 37.1 Å². The summed E-state index contributed by atoms with van der Waals surface area (Å²) in [6.45, 7) is 3.54. The molecule has 2 aliphatic rings. The Morgan fingerprint density at radius 1 is 0.865 bits per heavy atom. The van der Waals surface area contributed by atoms with Crippen molar-refractivity contribution in [3.63, 3.8) is 0 Å². The summed E-state index contributed by atoms with van der Waals surface area (Å²) >= 11 is 1.68. The predicted octanol–water partition coefficient (Wildman–Crippen LogP) is 4.96. The molecule has 7 rings (SSSR count). The molecule has 0 radical (unpaired) electrons. The van der Waals surface area contributed by atoms with Crippen molar-refractivity contribution in [3.05, 3.63) is 70.7 Å². The molecule has 1 aliphatic carbocycles. The van der Waals surface area contributed by atoms with Crippen molar-refractivity contribution < 1.29 is 5.11 Å². The zero-order valence-corrected chi connectivity index (χ0v) is 21.4. The first-order valence-corrected chi connectivity index (χ1v) is 14.0. The summed E-state index contributed by atoms with van der Waals surface area (Å²) in [6.07, 6.45) is 4.72. The number of hydrogen-bond acceptors (Lipinski definition) is 7. The van der Waals surface area contributed by atoms with E-state index < -0.39 is 6.10 Å². The highest BCUT2D eigenvalue weighted by Crippen LogP contribution is 2.34. The molecule has 0 unspecified atom stereocenters. The van der Waals surface area contributed by atoms with Gasteiger partial charge in [-0.05, 0) is 37.1 Å². The average Bonchev–Trinajstić information content (AvgIpc) is 3.42. The SMILES string of the molecule is O=c1c2cc(N3CCN(c4ccc5ncsc5c4)CC3)c3ccccc3c2ncn1[C@H]1CCCC[C@@H]1O. The standard InChI is InChI=1S/C29H29N5O2S/c35-26-8-4-3-7-24(26)34-17-30-28-21-6-2-1-5-20(21)25(16-22(28)29(34)36)33-13-11-32(12-14-33)19-9-10-23-27(15-19)37-18-31-23/h1-2,5-6,9-10,15-18,24,26,35H,3-4,7-8,11-14H2/t24-,26-/m0/s1. The quantitative estimate of drug-likeness (QED) is 0.345. The molecular weight excluding hydrogens is 482 g/mol. The molecule has 2 fully saturated rings. The van der Waals surface area contributed by atoms with Crippen LogP contribution in [0.4, 0.5) is 11.4 Å². The molecule has 1 saturated carbocycles. The zero-order valence-electron chi connectivity index (χ0n) is 20.6. The minimum Gasteiger partial charge on any atom is -0.391 e. The van der Waals surface area contributed by atoms with Gasteiger partial charge in [0.1, 0.15) is 0 Å². The van der Waals surface area contributed by atoms with Crippen LogP contribution in [0.25, 0.3) is 31.9 Å². The number of rotatable bonds is 3. The Bertz CT molecular complexity index is 1670. The van der Waals surface area contributed by atoms with Gasteiger partial charge in [0.15, 0.2) is 0 Å². The molecule has 2 atom stereocenters. The van der Waals surface area contributed by atoms with Gasteiger partial charge in [-0.3, -0.25) is 9.36 Å². The predicted molar refractivity (Wildman–Crippen MR) is 151 cm³/mol. The van der Waals surface area contributed by atoms with Crippen molar-refractivity contribution in [2.75, 3.05) is 36.0 Å². The van der Waals surface area contributed by atoms with Crippen molar-refractivity contribution in [2.24, 2.45) is 0 Å². The highest BCUT2D eigenvalue weighted by Gasteiger charge is 2.27. The molecule has 0 bridgehead atoms. The minimum absolute atomic E-state index is 0.0561. The molecule has 0 amide bonds. The van der Waals surface area contributed by atoms with E-state index in [1.165, 1.54) is 10.4 Å². The molecule has 188 valence electrons. The lowest BCUT2D eigenvalue weighted by Gasteiger charge is -2.38. The third-order valence-electron chi connectivity index (χ3n) is 8.12. The number of hydrogen-bond donors (Lipinski definition) is 1. The van der Waals surface area contributed by atoms with Crippen LogP contribution in [0.5, 0.6) is 0 Å². The lowest BCUT2D eigenvalue weighted by atomic mass is 9.92. The summed E-state index contributed by atoms with van der Waals surface area (Å²) in [5.41, 5.74) is 5.95. The van der Waals surface area contributed by atoms with Gasteiger partial charge in [0.2, 0.25) is 0 Å². The second kappa shape index (κ2) is 9.11. The number of aromatic nitrogens is 3. The molecule has 8 heteroatoms. The van der Waals surface area contributed by atoms with E-state index in [0.29, 0.717) is 5.39 Å². The van der Waals surface area contributed by atoms with E-state index in [0.717, 1.165) is 79.4 Å². The van der Waals surface area contributed by atoms with Gasteiger partial charge in [-0.2, -0.15) is 0 Å². The van der Waals surface area contributed by atoms with Crippen LogP contribution in [-0.2, 0) is 0 Å². The third kappa shape index (κ3) is 3.86. The van der Waals surface area contributed by atoms with Crippen molar-refractivity contribution in [3.8, 4) is 0 Å². The molecule has 1 saturated heterocycles. The van der Waals surface area contributed by atoms with Crippen molar-refractivity contribution in [2.45, 2.75) is 37.8 Å². The van der Waals surface area contributed by atoms with E-state index in [1.54, 1.807) is 22.2 Å².